The summed E-state index contributed by atoms with van der Waals surface area (Å²) >= 11 is 0. The van der Waals surface area contributed by atoms with Crippen LogP contribution in [0.4, 0.5) is 4.79 Å². The Morgan fingerprint density at radius 3 is 2.23 bits per heavy atom. The minimum absolute atomic E-state index is 0.0650. The van der Waals surface area contributed by atoms with E-state index < -0.39 is 41.6 Å². The van der Waals surface area contributed by atoms with Gasteiger partial charge in [-0.1, -0.05) is 50.1 Å². The fourth-order valence-electron chi connectivity index (χ4n) is 4.38. The second kappa shape index (κ2) is 14.6. The van der Waals surface area contributed by atoms with Crippen molar-refractivity contribution in [1.29, 1.82) is 0 Å². The van der Waals surface area contributed by atoms with Crippen molar-refractivity contribution in [2.45, 2.75) is 97.9 Å². The van der Waals surface area contributed by atoms with E-state index in [1.807, 2.05) is 0 Å². The molecule has 0 heterocycles. The first kappa shape index (κ1) is 32.5. The van der Waals surface area contributed by atoms with Crippen LogP contribution in [-0.4, -0.2) is 57.3 Å². The highest BCUT2D eigenvalue weighted by Crippen LogP contribution is 2.33. The predicted octanol–water partition coefficient (Wildman–Crippen LogP) is 5.13. The average molecular weight is 556 g/mol. The first-order valence-electron chi connectivity index (χ1n) is 13.9. The van der Waals surface area contributed by atoms with Gasteiger partial charge in [0.15, 0.2) is 0 Å². The Hall–Kier alpha value is -3.75. The molecule has 0 radical (unpaired) electrons. The van der Waals surface area contributed by atoms with Crippen LogP contribution in [0.25, 0.3) is 0 Å². The number of alkyl carbamates (subject to hydrolysis) is 1. The molecule has 2 atom stereocenters. The number of aromatic hydroxyl groups is 2. The van der Waals surface area contributed by atoms with E-state index in [2.05, 4.69) is 17.6 Å². The molecule has 0 bridgehead atoms. The Bertz CT molecular complexity index is 1140. The Morgan fingerprint density at radius 1 is 1.00 bits per heavy atom. The molecule has 2 unspecified atom stereocenters. The normalized spacial score (nSPS) is 12.9. The lowest BCUT2D eigenvalue weighted by atomic mass is 9.96. The number of hydrogen-bond donors (Lipinski definition) is 4. The van der Waals surface area contributed by atoms with Crippen LogP contribution in [0, 0.1) is 6.92 Å². The van der Waals surface area contributed by atoms with E-state index in [4.69, 9.17) is 4.74 Å². The van der Waals surface area contributed by atoms with Crippen LogP contribution in [0.3, 0.4) is 0 Å². The molecule has 4 N–H and O–H groups in total. The number of phenolic OH excluding ortho intramolecular Hbond substituents is 2. The summed E-state index contributed by atoms with van der Waals surface area (Å²) in [6.07, 6.45) is 2.04. The lowest BCUT2D eigenvalue weighted by Gasteiger charge is -2.37. The van der Waals surface area contributed by atoms with Gasteiger partial charge in [-0.2, -0.15) is 0 Å². The van der Waals surface area contributed by atoms with Crippen molar-refractivity contribution >= 4 is 17.9 Å². The number of nitrogens with one attached hydrogen (secondary N) is 2. The van der Waals surface area contributed by atoms with E-state index in [1.165, 1.54) is 17.0 Å². The molecule has 0 fully saturated rings. The molecule has 0 aliphatic rings. The van der Waals surface area contributed by atoms with Gasteiger partial charge in [0.05, 0.1) is 0 Å². The number of rotatable bonds is 12. The number of ether oxygens (including phenoxy) is 1. The van der Waals surface area contributed by atoms with Crippen LogP contribution in [0.15, 0.2) is 42.5 Å². The van der Waals surface area contributed by atoms with Crippen LogP contribution in [0.1, 0.15) is 83.5 Å². The minimum Gasteiger partial charge on any atom is -0.508 e. The second-order valence-electron chi connectivity index (χ2n) is 11.3. The highest BCUT2D eigenvalue weighted by Gasteiger charge is 2.39. The molecule has 0 aliphatic heterocycles. The van der Waals surface area contributed by atoms with Crippen molar-refractivity contribution in [2.24, 2.45) is 0 Å². The molecule has 0 aromatic heterocycles. The van der Waals surface area contributed by atoms with Gasteiger partial charge < -0.3 is 30.5 Å². The molecule has 3 amide bonds. The summed E-state index contributed by atoms with van der Waals surface area (Å²) in [5.41, 5.74) is 0.776. The first-order valence-corrected chi connectivity index (χ1v) is 13.9. The molecule has 2 aromatic carbocycles. The summed E-state index contributed by atoms with van der Waals surface area (Å²) in [6, 6.07) is 8.72. The standard InChI is InChI=1S/C31H45N3O6/c1-8-9-10-18-32-28(37)26(24-13-11-12-21(4)27(24)36)34(20(2)3)29(38)25(33-30(39)40-31(5,6)7)19-22-14-16-23(35)17-15-22/h11-17,20,25-26,35-36H,8-10,18-19H2,1-7H3,(H,32,37)(H,33,39). The molecule has 9 nitrogen and oxygen atoms in total. The van der Waals surface area contributed by atoms with Gasteiger partial charge in [-0.05, 0) is 71.2 Å². The zero-order valence-electron chi connectivity index (χ0n) is 24.8. The van der Waals surface area contributed by atoms with Gasteiger partial charge in [-0.3, -0.25) is 9.59 Å². The van der Waals surface area contributed by atoms with Crippen molar-refractivity contribution < 1.29 is 29.3 Å². The molecule has 2 aromatic rings. The minimum atomic E-state index is -1.14. The quantitative estimate of drug-likeness (QED) is 0.269. The maximum absolute atomic E-state index is 14.3. The fourth-order valence-corrected chi connectivity index (χ4v) is 4.38. The van der Waals surface area contributed by atoms with Gasteiger partial charge in [0.25, 0.3) is 0 Å². The molecule has 0 aliphatic carbocycles. The Labute approximate surface area is 237 Å². The van der Waals surface area contributed by atoms with Gasteiger partial charge in [0.2, 0.25) is 11.8 Å². The monoisotopic (exact) mass is 555 g/mol. The number of benzene rings is 2. The van der Waals surface area contributed by atoms with Gasteiger partial charge in [0, 0.05) is 24.6 Å². The van der Waals surface area contributed by atoms with Crippen molar-refractivity contribution in [3.05, 3.63) is 59.2 Å². The zero-order valence-corrected chi connectivity index (χ0v) is 24.8. The van der Waals surface area contributed by atoms with E-state index in [9.17, 15) is 24.6 Å². The fraction of sp³-hybridized carbons (Fsp3) is 0.516. The number of aryl methyl sites for hydroxylation is 1. The summed E-state index contributed by atoms with van der Waals surface area (Å²) in [4.78, 5) is 42.2. The number of carbonyl (C=O) groups excluding carboxylic acids is 3. The third kappa shape index (κ3) is 9.47. The number of unbranched alkanes of at least 4 members (excludes halogenated alkanes) is 2. The molecule has 0 saturated carbocycles. The SMILES string of the molecule is CCCCCNC(=O)C(c1cccc(C)c1O)N(C(=O)C(Cc1ccc(O)cc1)NC(=O)OC(C)(C)C)C(C)C. The number of para-hydroxylation sites is 1. The maximum atomic E-state index is 14.3. The average Bonchev–Trinajstić information content (AvgIpc) is 2.86. The van der Waals surface area contributed by atoms with Crippen LogP contribution in [0.2, 0.25) is 0 Å². The molecule has 0 saturated heterocycles. The molecular weight excluding hydrogens is 510 g/mol. The molecular formula is C31H45N3O6. The van der Waals surface area contributed by atoms with Crippen molar-refractivity contribution in [3.63, 3.8) is 0 Å². The third-order valence-electron chi connectivity index (χ3n) is 6.35. The Kier molecular flexibility index (Phi) is 11.8. The largest absolute Gasteiger partial charge is 0.508 e. The second-order valence-corrected chi connectivity index (χ2v) is 11.3. The maximum Gasteiger partial charge on any atom is 0.408 e. The van der Waals surface area contributed by atoms with Gasteiger partial charge in [-0.15, -0.1) is 0 Å². The summed E-state index contributed by atoms with van der Waals surface area (Å²) in [5, 5.41) is 26.3. The molecule has 9 heteroatoms. The molecule has 220 valence electrons. The number of nitrogens with zero attached hydrogens (tertiary/aromatic N) is 1. The summed E-state index contributed by atoms with van der Waals surface area (Å²) in [7, 11) is 0. The van der Waals surface area contributed by atoms with Crippen LogP contribution in [0.5, 0.6) is 11.5 Å². The molecule has 2 rings (SSSR count). The van der Waals surface area contributed by atoms with E-state index in [0.717, 1.165) is 19.3 Å². The van der Waals surface area contributed by atoms with Crippen molar-refractivity contribution in [3.8, 4) is 11.5 Å². The van der Waals surface area contributed by atoms with Crippen LogP contribution in [-0.2, 0) is 20.7 Å². The van der Waals surface area contributed by atoms with Crippen LogP contribution >= 0.6 is 0 Å². The topological polar surface area (TPSA) is 128 Å². The Balaban J connectivity index is 2.55. The first-order chi connectivity index (χ1) is 18.7. The highest BCUT2D eigenvalue weighted by atomic mass is 16.6. The lowest BCUT2D eigenvalue weighted by Crippen LogP contribution is -2.55. The van der Waals surface area contributed by atoms with E-state index in [0.29, 0.717) is 23.2 Å². The Morgan fingerprint density at radius 2 is 1.65 bits per heavy atom. The zero-order chi connectivity index (χ0) is 30.0. The number of hydrogen-bond acceptors (Lipinski definition) is 6. The molecule has 0 spiro atoms. The summed E-state index contributed by atoms with van der Waals surface area (Å²) in [6.45, 7) is 13.0. The van der Waals surface area contributed by atoms with Gasteiger partial charge >= 0.3 is 6.09 Å². The van der Waals surface area contributed by atoms with E-state index >= 15 is 0 Å². The van der Waals surface area contributed by atoms with Crippen LogP contribution < -0.4 is 10.6 Å². The van der Waals surface area contributed by atoms with Crippen molar-refractivity contribution in [1.82, 2.24) is 15.5 Å². The van der Waals surface area contributed by atoms with Gasteiger partial charge in [0.1, 0.15) is 29.2 Å². The summed E-state index contributed by atoms with van der Waals surface area (Å²) in [5.74, 6) is -0.918. The van der Waals surface area contributed by atoms with E-state index in [1.54, 1.807) is 71.9 Å². The van der Waals surface area contributed by atoms with Gasteiger partial charge in [-0.25, -0.2) is 4.79 Å². The third-order valence-corrected chi connectivity index (χ3v) is 6.35. The van der Waals surface area contributed by atoms with Crippen molar-refractivity contribution in [2.75, 3.05) is 6.54 Å². The number of amides is 3. The highest BCUT2D eigenvalue weighted by molar-refractivity contribution is 5.93. The van der Waals surface area contributed by atoms with E-state index in [-0.39, 0.29) is 17.9 Å². The number of phenols is 2. The smallest absolute Gasteiger partial charge is 0.408 e. The predicted molar refractivity (Wildman–Crippen MR) is 155 cm³/mol. The molecule has 40 heavy (non-hydrogen) atoms. The lowest BCUT2D eigenvalue weighted by molar-refractivity contribution is -0.144. The summed E-state index contributed by atoms with van der Waals surface area (Å²) < 4.78 is 5.44. The number of carbonyl (C=O) groups is 3.